The standard InChI is InChI=1S/C12H10BrClO3/c13-6-2-1-3-9-4-5-10(14)7-11(9)17-8-12(15)16/h4-5,7H,2,6,8H2,(H,15,16). The van der Waals surface area contributed by atoms with Crippen molar-refractivity contribution in [1.82, 2.24) is 0 Å². The van der Waals surface area contributed by atoms with Gasteiger partial charge in [-0.05, 0) is 12.1 Å². The van der Waals surface area contributed by atoms with E-state index in [-0.39, 0.29) is 0 Å². The van der Waals surface area contributed by atoms with Gasteiger partial charge in [0.2, 0.25) is 0 Å². The number of alkyl halides is 1. The molecule has 0 saturated carbocycles. The van der Waals surface area contributed by atoms with Crippen LogP contribution in [0.2, 0.25) is 5.02 Å². The molecule has 0 aliphatic rings. The van der Waals surface area contributed by atoms with Gasteiger partial charge >= 0.3 is 5.97 Å². The van der Waals surface area contributed by atoms with E-state index in [9.17, 15) is 4.79 Å². The lowest BCUT2D eigenvalue weighted by Crippen LogP contribution is -2.10. The van der Waals surface area contributed by atoms with E-state index in [4.69, 9.17) is 21.4 Å². The molecule has 1 N–H and O–H groups in total. The molecule has 5 heteroatoms. The highest BCUT2D eigenvalue weighted by Crippen LogP contribution is 2.22. The molecule has 90 valence electrons. The monoisotopic (exact) mass is 316 g/mol. The van der Waals surface area contributed by atoms with Crippen molar-refractivity contribution < 1.29 is 14.6 Å². The number of aliphatic carboxylic acids is 1. The number of hydrogen-bond donors (Lipinski definition) is 1. The highest BCUT2D eigenvalue weighted by Gasteiger charge is 2.05. The molecule has 0 aliphatic heterocycles. The Labute approximate surface area is 113 Å². The highest BCUT2D eigenvalue weighted by atomic mass is 79.9. The first-order chi connectivity index (χ1) is 8.13. The van der Waals surface area contributed by atoms with Gasteiger partial charge in [-0.3, -0.25) is 0 Å². The van der Waals surface area contributed by atoms with Crippen LogP contribution in [0, 0.1) is 11.8 Å². The maximum Gasteiger partial charge on any atom is 0.341 e. The van der Waals surface area contributed by atoms with Crippen LogP contribution in [0.15, 0.2) is 18.2 Å². The number of carboxylic acids is 1. The zero-order valence-electron chi connectivity index (χ0n) is 8.87. The zero-order valence-corrected chi connectivity index (χ0v) is 11.2. The summed E-state index contributed by atoms with van der Waals surface area (Å²) in [6.07, 6.45) is 0.709. The fraction of sp³-hybridized carbons (Fsp3) is 0.250. The minimum Gasteiger partial charge on any atom is -0.481 e. The molecule has 1 rings (SSSR count). The minimum absolute atomic E-state index is 0.391. The lowest BCUT2D eigenvalue weighted by atomic mass is 10.2. The van der Waals surface area contributed by atoms with Crippen molar-refractivity contribution in [2.45, 2.75) is 6.42 Å². The van der Waals surface area contributed by atoms with Crippen LogP contribution in [-0.4, -0.2) is 23.0 Å². The van der Waals surface area contributed by atoms with Gasteiger partial charge in [-0.25, -0.2) is 4.79 Å². The number of carboxylic acid groups (broad SMARTS) is 1. The van der Waals surface area contributed by atoms with Crippen molar-refractivity contribution in [3.8, 4) is 17.6 Å². The van der Waals surface area contributed by atoms with Gasteiger partial charge in [0.05, 0.1) is 5.56 Å². The molecule has 0 fully saturated rings. The van der Waals surface area contributed by atoms with E-state index in [1.807, 2.05) is 0 Å². The molecule has 1 aromatic rings. The first-order valence-electron chi connectivity index (χ1n) is 4.82. The molecule has 0 saturated heterocycles. The van der Waals surface area contributed by atoms with Crippen LogP contribution in [-0.2, 0) is 4.79 Å². The molecule has 3 nitrogen and oxygen atoms in total. The van der Waals surface area contributed by atoms with E-state index in [1.54, 1.807) is 18.2 Å². The number of rotatable bonds is 4. The van der Waals surface area contributed by atoms with Gasteiger partial charge in [0.15, 0.2) is 6.61 Å². The van der Waals surface area contributed by atoms with Crippen LogP contribution >= 0.6 is 27.5 Å². The van der Waals surface area contributed by atoms with Crippen molar-refractivity contribution >= 4 is 33.5 Å². The van der Waals surface area contributed by atoms with E-state index in [1.165, 1.54) is 0 Å². The molecule has 0 heterocycles. The first-order valence-corrected chi connectivity index (χ1v) is 6.32. The minimum atomic E-state index is -1.04. The van der Waals surface area contributed by atoms with Gasteiger partial charge in [0, 0.05) is 22.8 Å². The van der Waals surface area contributed by atoms with Crippen molar-refractivity contribution in [2.24, 2.45) is 0 Å². The Morgan fingerprint density at radius 3 is 2.94 bits per heavy atom. The number of ether oxygens (including phenoxy) is 1. The van der Waals surface area contributed by atoms with E-state index < -0.39 is 12.6 Å². The average molecular weight is 318 g/mol. The van der Waals surface area contributed by atoms with Crippen LogP contribution in [0.3, 0.4) is 0 Å². The van der Waals surface area contributed by atoms with E-state index in [2.05, 4.69) is 27.8 Å². The Kier molecular flexibility index (Phi) is 5.88. The number of benzene rings is 1. The number of carbonyl (C=O) groups is 1. The third-order valence-electron chi connectivity index (χ3n) is 1.74. The first kappa shape index (κ1) is 13.9. The summed E-state index contributed by atoms with van der Waals surface area (Å²) in [6, 6.07) is 4.96. The Morgan fingerprint density at radius 1 is 1.53 bits per heavy atom. The van der Waals surface area contributed by atoms with Gasteiger partial charge in [0.25, 0.3) is 0 Å². The SMILES string of the molecule is O=C(O)COc1cc(Cl)ccc1C#CCCBr. The molecule has 0 radical (unpaired) electrons. The lowest BCUT2D eigenvalue weighted by Gasteiger charge is -2.06. The fourth-order valence-electron chi connectivity index (χ4n) is 1.06. The topological polar surface area (TPSA) is 46.5 Å². The summed E-state index contributed by atoms with van der Waals surface area (Å²) in [5.74, 6) is 5.19. The molecule has 0 aliphatic carbocycles. The Balaban J connectivity index is 2.88. The highest BCUT2D eigenvalue weighted by molar-refractivity contribution is 9.09. The van der Waals surface area contributed by atoms with E-state index >= 15 is 0 Å². The molecule has 0 atom stereocenters. The predicted octanol–water partition coefficient (Wildman–Crippen LogP) is 2.94. The third kappa shape index (κ3) is 5.12. The maximum absolute atomic E-state index is 10.4. The molecular weight excluding hydrogens is 307 g/mol. The smallest absolute Gasteiger partial charge is 0.341 e. The van der Waals surface area contributed by atoms with Crippen LogP contribution in [0.4, 0.5) is 0 Å². The zero-order chi connectivity index (χ0) is 12.7. The summed E-state index contributed by atoms with van der Waals surface area (Å²) in [7, 11) is 0. The van der Waals surface area contributed by atoms with E-state index in [0.717, 1.165) is 5.33 Å². The van der Waals surface area contributed by atoms with Crippen molar-refractivity contribution in [3.05, 3.63) is 28.8 Å². The van der Waals surface area contributed by atoms with Gasteiger partial charge in [-0.15, -0.1) is 0 Å². The molecule has 0 aromatic heterocycles. The fourth-order valence-corrected chi connectivity index (χ4v) is 1.42. The summed E-state index contributed by atoms with van der Waals surface area (Å²) >= 11 is 9.08. The summed E-state index contributed by atoms with van der Waals surface area (Å²) in [5.41, 5.74) is 0.636. The molecular formula is C12H10BrClO3. The second-order valence-electron chi connectivity index (χ2n) is 3.06. The van der Waals surface area contributed by atoms with Gasteiger partial charge in [-0.2, -0.15) is 0 Å². The number of hydrogen-bond acceptors (Lipinski definition) is 2. The maximum atomic E-state index is 10.4. The second kappa shape index (κ2) is 7.21. The van der Waals surface area contributed by atoms with Crippen molar-refractivity contribution in [3.63, 3.8) is 0 Å². The molecule has 1 aromatic carbocycles. The second-order valence-corrected chi connectivity index (χ2v) is 4.29. The Morgan fingerprint density at radius 2 is 2.29 bits per heavy atom. The van der Waals surface area contributed by atoms with Gasteiger partial charge in [0.1, 0.15) is 5.75 Å². The largest absolute Gasteiger partial charge is 0.481 e. The quantitative estimate of drug-likeness (QED) is 0.686. The third-order valence-corrected chi connectivity index (χ3v) is 2.37. The van der Waals surface area contributed by atoms with Gasteiger partial charge < -0.3 is 9.84 Å². The Bertz CT molecular complexity index is 463. The number of halogens is 2. The average Bonchev–Trinajstić information content (AvgIpc) is 2.29. The predicted molar refractivity (Wildman–Crippen MR) is 69.9 cm³/mol. The summed E-state index contributed by atoms with van der Waals surface area (Å²) in [5, 5.41) is 9.82. The van der Waals surface area contributed by atoms with Crippen LogP contribution in [0.25, 0.3) is 0 Å². The van der Waals surface area contributed by atoms with Crippen molar-refractivity contribution in [1.29, 1.82) is 0 Å². The van der Waals surface area contributed by atoms with Crippen LogP contribution < -0.4 is 4.74 Å². The van der Waals surface area contributed by atoms with Gasteiger partial charge in [-0.1, -0.05) is 39.4 Å². The molecule has 0 amide bonds. The summed E-state index contributed by atoms with van der Waals surface area (Å²) in [6.45, 7) is -0.409. The normalized spacial score (nSPS) is 9.29. The van der Waals surface area contributed by atoms with Crippen molar-refractivity contribution in [2.75, 3.05) is 11.9 Å². The lowest BCUT2D eigenvalue weighted by molar-refractivity contribution is -0.139. The molecule has 0 spiro atoms. The molecule has 0 bridgehead atoms. The van der Waals surface area contributed by atoms with Crippen LogP contribution in [0.5, 0.6) is 5.75 Å². The van der Waals surface area contributed by atoms with E-state index in [0.29, 0.717) is 22.8 Å². The Hall–Kier alpha value is -1.18. The molecule has 0 unspecified atom stereocenters. The molecule has 17 heavy (non-hydrogen) atoms. The summed E-state index contributed by atoms with van der Waals surface area (Å²) in [4.78, 5) is 10.4. The summed E-state index contributed by atoms with van der Waals surface area (Å²) < 4.78 is 5.11. The van der Waals surface area contributed by atoms with Crippen LogP contribution in [0.1, 0.15) is 12.0 Å².